The minimum Gasteiger partial charge on any atom is -0.493 e. The fraction of sp³-hybridized carbons (Fsp3) is 0.290. The van der Waals surface area contributed by atoms with Crippen LogP contribution in [0.3, 0.4) is 0 Å². The van der Waals surface area contributed by atoms with Crippen molar-refractivity contribution in [2.75, 3.05) is 13.2 Å². The number of amides is 1. The van der Waals surface area contributed by atoms with Gasteiger partial charge in [0, 0.05) is 25.6 Å². The van der Waals surface area contributed by atoms with Crippen LogP contribution in [0.5, 0.6) is 5.75 Å². The van der Waals surface area contributed by atoms with Gasteiger partial charge >= 0.3 is 0 Å². The van der Waals surface area contributed by atoms with E-state index < -0.39 is 0 Å². The summed E-state index contributed by atoms with van der Waals surface area (Å²) in [6.07, 6.45) is 7.06. The Bertz CT molecular complexity index is 1310. The van der Waals surface area contributed by atoms with Crippen LogP contribution in [-0.2, 0) is 17.8 Å². The average molecular weight is 482 g/mol. The van der Waals surface area contributed by atoms with Crippen LogP contribution < -0.4 is 10.1 Å². The number of unbranched alkanes of at least 4 members (excludes halogenated alkanes) is 1. The second-order valence-corrected chi connectivity index (χ2v) is 9.06. The van der Waals surface area contributed by atoms with Crippen LogP contribution >= 0.6 is 0 Å². The first kappa shape index (κ1) is 25.2. The Kier molecular flexibility index (Phi) is 8.92. The van der Waals surface area contributed by atoms with Crippen LogP contribution in [0.2, 0.25) is 0 Å². The Morgan fingerprint density at radius 2 is 1.75 bits per heavy atom. The second-order valence-electron chi connectivity index (χ2n) is 9.06. The lowest BCUT2D eigenvalue weighted by Crippen LogP contribution is -2.22. The normalized spacial score (nSPS) is 11.3. The maximum absolute atomic E-state index is 12.1. The number of carbonyl (C=O) groups is 1. The highest BCUT2D eigenvalue weighted by Gasteiger charge is 2.10. The van der Waals surface area contributed by atoms with Gasteiger partial charge in [-0.1, -0.05) is 54.6 Å². The fourth-order valence-corrected chi connectivity index (χ4v) is 4.25. The summed E-state index contributed by atoms with van der Waals surface area (Å²) >= 11 is 0. The number of hydrogen-bond donors (Lipinski definition) is 1. The minimum atomic E-state index is -0.0730. The molecule has 4 aromatic rings. The molecule has 1 heterocycles. The van der Waals surface area contributed by atoms with Crippen molar-refractivity contribution >= 4 is 23.0 Å². The molecule has 1 aromatic heterocycles. The van der Waals surface area contributed by atoms with E-state index in [-0.39, 0.29) is 5.91 Å². The van der Waals surface area contributed by atoms with Crippen molar-refractivity contribution in [3.63, 3.8) is 0 Å². The Morgan fingerprint density at radius 3 is 2.61 bits per heavy atom. The van der Waals surface area contributed by atoms with Crippen molar-refractivity contribution < 1.29 is 9.53 Å². The first-order chi connectivity index (χ1) is 17.6. The van der Waals surface area contributed by atoms with Gasteiger partial charge in [-0.05, 0) is 74.1 Å². The summed E-state index contributed by atoms with van der Waals surface area (Å²) < 4.78 is 8.36. The van der Waals surface area contributed by atoms with Gasteiger partial charge in [0.05, 0.1) is 17.6 Å². The smallest absolute Gasteiger partial charge is 0.243 e. The number of para-hydroxylation sites is 2. The van der Waals surface area contributed by atoms with Gasteiger partial charge in [-0.2, -0.15) is 0 Å². The molecule has 0 unspecified atom stereocenters. The number of benzene rings is 3. The number of hydrogen-bond acceptors (Lipinski definition) is 3. The van der Waals surface area contributed by atoms with Crippen molar-refractivity contribution in [2.24, 2.45) is 0 Å². The lowest BCUT2D eigenvalue weighted by Gasteiger charge is -2.12. The van der Waals surface area contributed by atoms with Gasteiger partial charge in [0.25, 0.3) is 0 Å². The standard InChI is InChI=1S/C31H35N3O2/c1-24-12-10-17-29(25(24)2)36-23-9-8-22-34-28-16-7-6-15-27(28)33-30(34)18-11-21-32-31(35)20-19-26-13-4-3-5-14-26/h3-7,10,12-17,19-20H,8-9,11,18,21-23H2,1-2H3,(H,32,35)/b20-19-. The second kappa shape index (κ2) is 12.7. The van der Waals surface area contributed by atoms with Crippen molar-refractivity contribution in [3.8, 4) is 5.75 Å². The molecule has 3 aromatic carbocycles. The predicted molar refractivity (Wildman–Crippen MR) is 147 cm³/mol. The molecule has 0 aliphatic heterocycles. The summed E-state index contributed by atoms with van der Waals surface area (Å²) in [7, 11) is 0. The van der Waals surface area contributed by atoms with Gasteiger partial charge in [0.2, 0.25) is 5.91 Å². The van der Waals surface area contributed by atoms with Crippen LogP contribution in [0.1, 0.15) is 41.8 Å². The first-order valence-electron chi connectivity index (χ1n) is 12.8. The highest BCUT2D eigenvalue weighted by Crippen LogP contribution is 2.21. The third-order valence-corrected chi connectivity index (χ3v) is 6.43. The van der Waals surface area contributed by atoms with E-state index in [1.54, 1.807) is 6.08 Å². The van der Waals surface area contributed by atoms with Crippen molar-refractivity contribution in [3.05, 3.63) is 101 Å². The lowest BCUT2D eigenvalue weighted by atomic mass is 10.1. The largest absolute Gasteiger partial charge is 0.493 e. The summed E-state index contributed by atoms with van der Waals surface area (Å²) in [4.78, 5) is 17.0. The third-order valence-electron chi connectivity index (χ3n) is 6.43. The summed E-state index contributed by atoms with van der Waals surface area (Å²) in [5.74, 6) is 1.97. The number of carbonyl (C=O) groups excluding carboxylic acids is 1. The van der Waals surface area contributed by atoms with Crippen LogP contribution in [0.4, 0.5) is 0 Å². The van der Waals surface area contributed by atoms with E-state index in [2.05, 4.69) is 48.0 Å². The number of imidazole rings is 1. The molecule has 0 saturated carbocycles. The maximum Gasteiger partial charge on any atom is 0.243 e. The molecule has 0 aliphatic carbocycles. The van der Waals surface area contributed by atoms with Gasteiger partial charge in [-0.25, -0.2) is 4.98 Å². The number of fused-ring (bicyclic) bond motifs is 1. The molecule has 0 fully saturated rings. The molecule has 4 rings (SSSR count). The van der Waals surface area contributed by atoms with Gasteiger partial charge < -0.3 is 14.6 Å². The fourth-order valence-electron chi connectivity index (χ4n) is 4.25. The summed E-state index contributed by atoms with van der Waals surface area (Å²) in [5, 5.41) is 2.98. The Balaban J connectivity index is 1.27. The van der Waals surface area contributed by atoms with Crippen molar-refractivity contribution in [1.29, 1.82) is 0 Å². The summed E-state index contributed by atoms with van der Waals surface area (Å²) in [5.41, 5.74) is 5.67. The van der Waals surface area contributed by atoms with Gasteiger partial charge in [-0.3, -0.25) is 4.79 Å². The molecule has 186 valence electrons. The zero-order valence-electron chi connectivity index (χ0n) is 21.2. The first-order valence-corrected chi connectivity index (χ1v) is 12.8. The van der Waals surface area contributed by atoms with Crippen molar-refractivity contribution in [1.82, 2.24) is 14.9 Å². The van der Waals surface area contributed by atoms with E-state index in [0.29, 0.717) is 13.2 Å². The van der Waals surface area contributed by atoms with Crippen LogP contribution in [0.25, 0.3) is 17.1 Å². The van der Waals surface area contributed by atoms with Gasteiger partial charge in [0.15, 0.2) is 0 Å². The lowest BCUT2D eigenvalue weighted by molar-refractivity contribution is -0.116. The molecule has 0 aliphatic rings. The van der Waals surface area contributed by atoms with E-state index in [4.69, 9.17) is 9.72 Å². The molecule has 0 bridgehead atoms. The quantitative estimate of drug-likeness (QED) is 0.192. The molecule has 0 spiro atoms. The number of aryl methyl sites for hydroxylation is 3. The highest BCUT2D eigenvalue weighted by atomic mass is 16.5. The minimum absolute atomic E-state index is 0.0730. The SMILES string of the molecule is Cc1cccc(OCCCCn2c(CCCNC(=O)/C=C\c3ccccc3)nc3ccccc32)c1C. The number of ether oxygens (including phenoxy) is 1. The molecular formula is C31H35N3O2. The Morgan fingerprint density at radius 1 is 0.944 bits per heavy atom. The van der Waals surface area contributed by atoms with Crippen LogP contribution in [0.15, 0.2) is 78.9 Å². The van der Waals surface area contributed by atoms with Crippen LogP contribution in [-0.4, -0.2) is 28.6 Å². The molecule has 0 saturated heterocycles. The van der Waals surface area contributed by atoms with Gasteiger partial charge in [0.1, 0.15) is 11.6 Å². The average Bonchev–Trinajstić information content (AvgIpc) is 3.25. The van der Waals surface area contributed by atoms with Gasteiger partial charge in [-0.15, -0.1) is 0 Å². The predicted octanol–water partition coefficient (Wildman–Crippen LogP) is 6.27. The highest BCUT2D eigenvalue weighted by molar-refractivity contribution is 5.91. The van der Waals surface area contributed by atoms with E-state index in [1.807, 2.05) is 54.6 Å². The summed E-state index contributed by atoms with van der Waals surface area (Å²) in [6, 6.07) is 24.3. The monoisotopic (exact) mass is 481 g/mol. The number of nitrogens with zero attached hydrogens (tertiary/aromatic N) is 2. The molecule has 1 amide bonds. The molecule has 0 radical (unpaired) electrons. The Hall–Kier alpha value is -3.86. The number of rotatable bonds is 12. The molecule has 36 heavy (non-hydrogen) atoms. The van der Waals surface area contributed by atoms with Crippen molar-refractivity contribution in [2.45, 2.75) is 46.1 Å². The third kappa shape index (κ3) is 6.85. The number of aromatic nitrogens is 2. The van der Waals surface area contributed by atoms with Crippen LogP contribution in [0, 0.1) is 13.8 Å². The van der Waals surface area contributed by atoms with E-state index in [1.165, 1.54) is 11.1 Å². The topological polar surface area (TPSA) is 56.1 Å². The van der Waals surface area contributed by atoms with E-state index >= 15 is 0 Å². The zero-order chi connectivity index (χ0) is 25.2. The Labute approximate surface area is 213 Å². The molecule has 5 nitrogen and oxygen atoms in total. The zero-order valence-corrected chi connectivity index (χ0v) is 21.2. The van der Waals surface area contributed by atoms with E-state index in [9.17, 15) is 4.79 Å². The molecule has 1 N–H and O–H groups in total. The number of nitrogens with one attached hydrogen (secondary N) is 1. The maximum atomic E-state index is 12.1. The van der Waals surface area contributed by atoms with E-state index in [0.717, 1.165) is 60.4 Å². The summed E-state index contributed by atoms with van der Waals surface area (Å²) in [6.45, 7) is 6.44. The molecule has 5 heteroatoms. The molecular weight excluding hydrogens is 446 g/mol. The molecule has 0 atom stereocenters.